The molecule has 2 amide bonds. The minimum Gasteiger partial charge on any atom is -0.352 e. The van der Waals surface area contributed by atoms with E-state index in [1.807, 2.05) is 53.9 Å². The van der Waals surface area contributed by atoms with Crippen LogP contribution in [0.4, 0.5) is 0 Å². The molecule has 0 aliphatic carbocycles. The fourth-order valence-corrected chi connectivity index (χ4v) is 4.10. The molecule has 1 atom stereocenters. The summed E-state index contributed by atoms with van der Waals surface area (Å²) in [6.07, 6.45) is 0.318. The summed E-state index contributed by atoms with van der Waals surface area (Å²) in [6.45, 7) is 5.59. The van der Waals surface area contributed by atoms with Gasteiger partial charge in [0.25, 0.3) is 0 Å². The summed E-state index contributed by atoms with van der Waals surface area (Å²) in [5.74, 6) is -0.174. The largest absolute Gasteiger partial charge is 0.352 e. The summed E-state index contributed by atoms with van der Waals surface area (Å²) in [5, 5.41) is 7.35. The number of hydrogen-bond acceptors (Lipinski definition) is 4. The van der Waals surface area contributed by atoms with Crippen LogP contribution in [0.15, 0.2) is 36.4 Å². The summed E-state index contributed by atoms with van der Waals surface area (Å²) in [7, 11) is 1.96. The van der Waals surface area contributed by atoms with Gasteiger partial charge in [-0.3, -0.25) is 19.2 Å². The maximum absolute atomic E-state index is 12.5. The van der Waals surface area contributed by atoms with Crippen molar-refractivity contribution >= 4 is 11.8 Å². The number of aryl methyl sites for hydroxylation is 2. The van der Waals surface area contributed by atoms with Crippen LogP contribution in [0.25, 0.3) is 0 Å². The van der Waals surface area contributed by atoms with Crippen molar-refractivity contribution in [3.63, 3.8) is 0 Å². The van der Waals surface area contributed by atoms with E-state index in [1.54, 1.807) is 0 Å². The number of hydrogen-bond donors (Lipinski definition) is 1. The van der Waals surface area contributed by atoms with Crippen LogP contribution < -0.4 is 5.32 Å². The summed E-state index contributed by atoms with van der Waals surface area (Å²) < 4.78 is 1.91. The maximum Gasteiger partial charge on any atom is 0.225 e. The molecule has 0 bridgehead atoms. The van der Waals surface area contributed by atoms with E-state index in [0.29, 0.717) is 19.5 Å². The molecule has 0 saturated carbocycles. The normalized spacial score (nSPS) is 20.4. The summed E-state index contributed by atoms with van der Waals surface area (Å²) >= 11 is 0. The molecule has 2 fully saturated rings. The van der Waals surface area contributed by atoms with Crippen molar-refractivity contribution in [2.45, 2.75) is 32.5 Å². The number of amides is 2. The van der Waals surface area contributed by atoms with Crippen molar-refractivity contribution < 1.29 is 9.59 Å². The number of aromatic nitrogens is 2. The summed E-state index contributed by atoms with van der Waals surface area (Å²) in [6, 6.07) is 12.2. The Hall–Kier alpha value is -2.67. The van der Waals surface area contributed by atoms with E-state index < -0.39 is 0 Å². The van der Waals surface area contributed by atoms with Crippen molar-refractivity contribution in [2.24, 2.45) is 13.0 Å². The first kappa shape index (κ1) is 18.7. The zero-order valence-electron chi connectivity index (χ0n) is 16.5. The fraction of sp³-hybridized carbons (Fsp3) is 0.476. The molecule has 148 valence electrons. The molecule has 2 aromatic rings. The number of nitrogens with one attached hydrogen (secondary N) is 1. The molecule has 2 aliphatic heterocycles. The number of carbonyl (C=O) groups is 2. The molecule has 28 heavy (non-hydrogen) atoms. The molecule has 1 aromatic carbocycles. The highest BCUT2D eigenvalue weighted by Gasteiger charge is 2.42. The highest BCUT2D eigenvalue weighted by molar-refractivity contribution is 5.89. The van der Waals surface area contributed by atoms with Crippen molar-refractivity contribution in [3.05, 3.63) is 53.3 Å². The minimum atomic E-state index is -0.245. The molecule has 1 N–H and O–H groups in total. The highest BCUT2D eigenvalue weighted by Crippen LogP contribution is 2.26. The monoisotopic (exact) mass is 381 g/mol. The standard InChI is InChI=1S/C21H27N5O2/c1-15-8-18(24(2)23-15)12-25-13-19(14-25)26-11-17(9-20(26)27)21(28)22-10-16-6-4-3-5-7-16/h3-8,17,19H,9-14H2,1-2H3,(H,22,28). The molecule has 7 nitrogen and oxygen atoms in total. The Kier molecular flexibility index (Phi) is 5.17. The Morgan fingerprint density at radius 2 is 1.96 bits per heavy atom. The molecule has 2 aliphatic rings. The van der Waals surface area contributed by atoms with Crippen molar-refractivity contribution in [3.8, 4) is 0 Å². The third kappa shape index (κ3) is 3.94. The quantitative estimate of drug-likeness (QED) is 0.813. The van der Waals surface area contributed by atoms with Crippen molar-refractivity contribution in [2.75, 3.05) is 19.6 Å². The molecular formula is C21H27N5O2. The highest BCUT2D eigenvalue weighted by atomic mass is 16.2. The lowest BCUT2D eigenvalue weighted by Gasteiger charge is -2.44. The number of benzene rings is 1. The third-order valence-corrected chi connectivity index (χ3v) is 5.70. The van der Waals surface area contributed by atoms with E-state index in [1.165, 1.54) is 5.69 Å². The van der Waals surface area contributed by atoms with Gasteiger partial charge in [-0.1, -0.05) is 30.3 Å². The van der Waals surface area contributed by atoms with Crippen LogP contribution >= 0.6 is 0 Å². The van der Waals surface area contributed by atoms with Gasteiger partial charge in [-0.25, -0.2) is 0 Å². The van der Waals surface area contributed by atoms with Gasteiger partial charge in [-0.2, -0.15) is 5.10 Å². The molecule has 1 unspecified atom stereocenters. The summed E-state index contributed by atoms with van der Waals surface area (Å²) in [5.41, 5.74) is 3.27. The van der Waals surface area contributed by atoms with Gasteiger partial charge in [0.05, 0.1) is 23.3 Å². The topological polar surface area (TPSA) is 70.5 Å². The van der Waals surface area contributed by atoms with Crippen LogP contribution in [-0.2, 0) is 29.7 Å². The minimum absolute atomic E-state index is 0.0266. The van der Waals surface area contributed by atoms with Gasteiger partial charge in [0.1, 0.15) is 0 Å². The molecular weight excluding hydrogens is 354 g/mol. The van der Waals surface area contributed by atoms with E-state index in [0.717, 1.165) is 30.9 Å². The van der Waals surface area contributed by atoms with Gasteiger partial charge in [0.15, 0.2) is 0 Å². The van der Waals surface area contributed by atoms with Crippen molar-refractivity contribution in [1.29, 1.82) is 0 Å². The van der Waals surface area contributed by atoms with Gasteiger partial charge in [0.2, 0.25) is 11.8 Å². The average molecular weight is 381 g/mol. The lowest BCUT2D eigenvalue weighted by molar-refractivity contribution is -0.133. The number of likely N-dealkylation sites (tertiary alicyclic amines) is 2. The zero-order chi connectivity index (χ0) is 19.7. The second-order valence-corrected chi connectivity index (χ2v) is 7.90. The maximum atomic E-state index is 12.5. The van der Waals surface area contributed by atoms with E-state index in [2.05, 4.69) is 21.4 Å². The van der Waals surface area contributed by atoms with Crippen molar-refractivity contribution in [1.82, 2.24) is 24.9 Å². The third-order valence-electron chi connectivity index (χ3n) is 5.70. The Balaban J connectivity index is 1.25. The molecule has 3 heterocycles. The van der Waals surface area contributed by atoms with Crippen LogP contribution in [0.5, 0.6) is 0 Å². The fourth-order valence-electron chi connectivity index (χ4n) is 4.10. The zero-order valence-corrected chi connectivity index (χ0v) is 16.5. The van der Waals surface area contributed by atoms with E-state index in [9.17, 15) is 9.59 Å². The van der Waals surface area contributed by atoms with Crippen LogP contribution in [0.3, 0.4) is 0 Å². The molecule has 0 spiro atoms. The van der Waals surface area contributed by atoms with Gasteiger partial charge in [-0.05, 0) is 18.6 Å². The number of rotatable bonds is 6. The van der Waals surface area contributed by atoms with Crippen LogP contribution in [0, 0.1) is 12.8 Å². The first-order chi connectivity index (χ1) is 13.5. The van der Waals surface area contributed by atoms with Gasteiger partial charge < -0.3 is 10.2 Å². The van der Waals surface area contributed by atoms with Crippen LogP contribution in [-0.4, -0.2) is 57.1 Å². The van der Waals surface area contributed by atoms with Crippen LogP contribution in [0.1, 0.15) is 23.4 Å². The lowest BCUT2D eigenvalue weighted by atomic mass is 10.1. The SMILES string of the molecule is Cc1cc(CN2CC(N3CC(C(=O)NCc4ccccc4)CC3=O)C2)n(C)n1. The lowest BCUT2D eigenvalue weighted by Crippen LogP contribution is -2.59. The number of carbonyl (C=O) groups excluding carboxylic acids is 2. The Bertz CT molecular complexity index is 857. The van der Waals surface area contributed by atoms with Gasteiger partial charge in [-0.15, -0.1) is 0 Å². The number of nitrogens with zero attached hydrogens (tertiary/aromatic N) is 4. The first-order valence-electron chi connectivity index (χ1n) is 9.82. The molecule has 7 heteroatoms. The molecule has 0 radical (unpaired) electrons. The summed E-state index contributed by atoms with van der Waals surface area (Å²) in [4.78, 5) is 29.1. The molecule has 2 saturated heterocycles. The van der Waals surface area contributed by atoms with Gasteiger partial charge >= 0.3 is 0 Å². The molecule has 1 aromatic heterocycles. The average Bonchev–Trinajstić information content (AvgIpc) is 3.18. The predicted molar refractivity (Wildman–Crippen MR) is 105 cm³/mol. The van der Waals surface area contributed by atoms with E-state index in [-0.39, 0.29) is 23.8 Å². The van der Waals surface area contributed by atoms with Crippen LogP contribution in [0.2, 0.25) is 0 Å². The Morgan fingerprint density at radius 1 is 1.21 bits per heavy atom. The predicted octanol–water partition coefficient (Wildman–Crippen LogP) is 1.08. The Labute approximate surface area is 165 Å². The Morgan fingerprint density at radius 3 is 2.64 bits per heavy atom. The molecule has 4 rings (SSSR count). The van der Waals surface area contributed by atoms with E-state index in [4.69, 9.17) is 0 Å². The first-order valence-corrected chi connectivity index (χ1v) is 9.82. The second-order valence-electron chi connectivity index (χ2n) is 7.90. The van der Waals surface area contributed by atoms with E-state index >= 15 is 0 Å². The second kappa shape index (κ2) is 7.75. The smallest absolute Gasteiger partial charge is 0.225 e. The van der Waals surface area contributed by atoms with Gasteiger partial charge in [0, 0.05) is 46.2 Å².